The molecule has 5 aromatic carbocycles. The quantitative estimate of drug-likeness (QED) is 0.0373. The summed E-state index contributed by atoms with van der Waals surface area (Å²) >= 11 is 7.21. The lowest BCUT2D eigenvalue weighted by molar-refractivity contribution is -0.333. The fourth-order valence-electron chi connectivity index (χ4n) is 17.2. The maximum Gasteiger partial charge on any atom is 0.249 e. The zero-order valence-corrected chi connectivity index (χ0v) is 72.5. The molecule has 22 atom stereocenters. The van der Waals surface area contributed by atoms with Crippen molar-refractivity contribution in [1.82, 2.24) is 47.0 Å². The number of phenols is 3. The average molecular weight is 1780 g/mol. The van der Waals surface area contributed by atoms with Gasteiger partial charge in [-0.2, -0.15) is 0 Å². The second-order valence-electron chi connectivity index (χ2n) is 34.8. The third-order valence-corrected chi connectivity index (χ3v) is 24.6. The molecule has 8 amide bonds. The van der Waals surface area contributed by atoms with Crippen molar-refractivity contribution in [2.24, 2.45) is 23.1 Å². The van der Waals surface area contributed by atoms with Crippen molar-refractivity contribution in [3.8, 4) is 57.1 Å². The van der Waals surface area contributed by atoms with E-state index in [-0.39, 0.29) is 88.2 Å². The number of carbonyl (C=O) groups is 8. The fourth-order valence-corrected chi connectivity index (χ4v) is 17.5. The number of primary amides is 1. The van der Waals surface area contributed by atoms with E-state index >= 15 is 28.8 Å². The number of aliphatic hydroxyl groups is 6. The van der Waals surface area contributed by atoms with Crippen molar-refractivity contribution in [3.05, 3.63) is 118 Å². The Bertz CT molecular complexity index is 4730. The van der Waals surface area contributed by atoms with E-state index < -0.39 is 234 Å². The Morgan fingerprint density at radius 1 is 0.643 bits per heavy atom. The second kappa shape index (κ2) is 41.2. The van der Waals surface area contributed by atoms with E-state index in [1.165, 1.54) is 113 Å². The Hall–Kier alpha value is -9.65. The van der Waals surface area contributed by atoms with Gasteiger partial charge in [0.1, 0.15) is 95.5 Å². The number of nitrogens with zero attached hydrogens (tertiary/aromatic N) is 2. The molecule has 4 fully saturated rings. The maximum atomic E-state index is 16.7. The van der Waals surface area contributed by atoms with E-state index in [9.17, 15) is 55.5 Å². The molecule has 9 aliphatic heterocycles. The van der Waals surface area contributed by atoms with Crippen LogP contribution in [0.1, 0.15) is 190 Å². The zero-order chi connectivity index (χ0) is 91.1. The lowest BCUT2D eigenvalue weighted by Gasteiger charge is -2.47. The molecule has 22 N–H and O–H groups in total. The number of amides is 8. The molecule has 9 heterocycles. The molecular formula is C88H119ClN12O25. The molecule has 38 heteroatoms. The summed E-state index contributed by atoms with van der Waals surface area (Å²) in [6.07, 6.45) is -12.0. The molecule has 688 valence electrons. The Labute approximate surface area is 734 Å². The number of halogens is 1. The second-order valence-corrected chi connectivity index (χ2v) is 35.2. The predicted molar refractivity (Wildman–Crippen MR) is 453 cm³/mol. The van der Waals surface area contributed by atoms with Crippen LogP contribution in [0.25, 0.3) is 11.1 Å². The molecule has 0 aliphatic carbocycles. The molecule has 0 spiro atoms. The monoisotopic (exact) mass is 1780 g/mol. The van der Waals surface area contributed by atoms with Gasteiger partial charge in [0.2, 0.25) is 59.3 Å². The van der Waals surface area contributed by atoms with Crippen LogP contribution in [-0.4, -0.2) is 252 Å². The van der Waals surface area contributed by atoms with Crippen molar-refractivity contribution < 1.29 is 122 Å². The first-order valence-corrected chi connectivity index (χ1v) is 43.4. The molecule has 126 heavy (non-hydrogen) atoms. The Morgan fingerprint density at radius 2 is 1.24 bits per heavy atom. The highest BCUT2D eigenvalue weighted by Crippen LogP contribution is 2.50. The number of nitrogens with two attached hydrogens (primary N) is 3. The number of ether oxygens (including phenoxy) is 8. The third-order valence-electron chi connectivity index (χ3n) is 24.3. The van der Waals surface area contributed by atoms with Crippen molar-refractivity contribution in [2.75, 3.05) is 46.4 Å². The van der Waals surface area contributed by atoms with Gasteiger partial charge < -0.3 is 143 Å². The largest absolute Gasteiger partial charge is 0.508 e. The van der Waals surface area contributed by atoms with Crippen LogP contribution in [-0.2, 0) is 62.0 Å². The van der Waals surface area contributed by atoms with Crippen molar-refractivity contribution >= 4 is 58.9 Å². The molecule has 0 aromatic heterocycles. The van der Waals surface area contributed by atoms with E-state index in [2.05, 4.69) is 49.0 Å². The fraction of sp³-hybridized carbons (Fsp3) is 0.568. The van der Waals surface area contributed by atoms with Gasteiger partial charge >= 0.3 is 0 Å². The summed E-state index contributed by atoms with van der Waals surface area (Å²) in [5.41, 5.74) is 14.7. The summed E-state index contributed by atoms with van der Waals surface area (Å²) in [7, 11) is 1.49. The standard InChI is InChI=1S/C88H119ClN12O25/c1-9-10-11-12-13-14-15-16-17-26-100-27-29-101(30-28-100)85(118)68-52-36-49(103)37-57(105)65(52)51-32-46(20-24-56(51)104)66-81(114)99-70(84(117)97-68)74(124-63-39-87(6,91)77(110)43(4)119-63)45-18-22-50(23-19-45)121-59-34-48-35-60(75(59)126-86-76(73(109)72(108)61(41-102)123-86)125-64-40-88(7,92)78(111)44(5)120-64)122-58-25-21-47(33-53(58)89)71(107)69(98-79(112)54(93-8)31-42(2)3)83(116)94-55(38-62(90)106)80(113)95-67(48)82(115)96-66/h18-25,32-37,42-44,54-55,61,63-64,66-74,76-78,86,93,102-105,107-111H,9-17,26-31,38-41,91-92H2,1-8H3,(H2,90,106)(H,94,116)(H,95,113)(H,96,115)(H,97,117)(H,98,112)(H,99,114)/t43-,44-,54+,55-,61+,63-,64-,66+,67+,68?,69+,70-,71+,72+,73-,74+,76+,77-,78-,86-,87-,88-/m0/s1. The highest BCUT2D eigenvalue weighted by molar-refractivity contribution is 6.32. The first kappa shape index (κ1) is 95.5. The Balaban J connectivity index is 1.06. The van der Waals surface area contributed by atoms with E-state index in [4.69, 9.17) is 66.7 Å². The van der Waals surface area contributed by atoms with Gasteiger partial charge in [-0.15, -0.1) is 0 Å². The molecule has 0 radical (unpaired) electrons. The number of phenolic OH excluding ortho intramolecular Hbond substituents is 3. The number of benzene rings is 5. The van der Waals surface area contributed by atoms with Crippen LogP contribution in [0, 0.1) is 5.92 Å². The van der Waals surface area contributed by atoms with Crippen LogP contribution in [0.3, 0.4) is 0 Å². The summed E-state index contributed by atoms with van der Waals surface area (Å²) in [5, 5.41) is 124. The van der Waals surface area contributed by atoms with Crippen molar-refractivity contribution in [3.63, 3.8) is 0 Å². The lowest BCUT2D eigenvalue weighted by atomic mass is 9.86. The van der Waals surface area contributed by atoms with E-state index in [0.29, 0.717) is 13.1 Å². The van der Waals surface area contributed by atoms with Crippen molar-refractivity contribution in [1.29, 1.82) is 0 Å². The van der Waals surface area contributed by atoms with Crippen molar-refractivity contribution in [2.45, 2.75) is 265 Å². The Kier molecular flexibility index (Phi) is 31.2. The molecule has 4 saturated heterocycles. The number of carbonyl (C=O) groups excluding carboxylic acids is 8. The highest BCUT2D eigenvalue weighted by atomic mass is 35.5. The molecule has 5 aromatic rings. The molecule has 14 rings (SSSR count). The summed E-state index contributed by atoms with van der Waals surface area (Å²) in [4.78, 5) is 128. The minimum atomic E-state index is -2.33. The lowest BCUT2D eigenvalue weighted by Crippen LogP contribution is -2.64. The SMILES string of the molecule is CCCCCCCCCCCN1CCN(C(=O)C2NC(=O)[C@H]3NC(=O)[C@H](NC(=O)[C@@H]4NC(=O)[C@H](CC(N)=O)NC(=O)[C@H](NC(=O)[C@@H](CC(C)C)NC)[C@H](O)c5ccc(c(Cl)c5)Oc5cc4cc(c5O[C@@H]4O[C@H](CO)[C@@H](O)[C@H](O)[C@H]4O[C@H]4C[C@](C)(N)[C@@H](O)[C@H](C)O4)Oc4ccc(cc4)[C@H]3O[C@H]3C[C@](C)(N)[C@@H](O)[C@H](C)O3)c3ccc(O)c(c3)-c3c(O)cc(O)cc32)CC1. The minimum Gasteiger partial charge on any atom is -0.508 e. The molecule has 0 saturated carbocycles. The summed E-state index contributed by atoms with van der Waals surface area (Å²) < 4.78 is 52.6. The number of hydrogen-bond donors (Lipinski definition) is 19. The molecule has 37 nitrogen and oxygen atoms in total. The minimum absolute atomic E-state index is 0.0313. The first-order chi connectivity index (χ1) is 59.8. The number of hydrogen-bond acceptors (Lipinski definition) is 29. The van der Waals surface area contributed by atoms with Gasteiger partial charge in [-0.1, -0.05) is 108 Å². The highest BCUT2D eigenvalue weighted by Gasteiger charge is 2.53. The number of aliphatic hydroxyl groups excluding tert-OH is 6. The molecular weight excluding hydrogens is 1660 g/mol. The topological polar surface area (TPSA) is 561 Å². The van der Waals surface area contributed by atoms with Crippen LogP contribution in [0.15, 0.2) is 84.9 Å². The van der Waals surface area contributed by atoms with E-state index in [1.54, 1.807) is 6.92 Å². The van der Waals surface area contributed by atoms with Gasteiger partial charge in [0.05, 0.1) is 48.5 Å². The van der Waals surface area contributed by atoms with Crippen LogP contribution < -0.4 is 68.6 Å². The van der Waals surface area contributed by atoms with Crippen LogP contribution >= 0.6 is 11.6 Å². The van der Waals surface area contributed by atoms with Gasteiger partial charge in [0, 0.05) is 67.3 Å². The van der Waals surface area contributed by atoms with Gasteiger partial charge in [0.15, 0.2) is 30.2 Å². The predicted octanol–water partition coefficient (Wildman–Crippen LogP) is 3.28. The number of aromatic hydroxyl groups is 3. The summed E-state index contributed by atoms with van der Waals surface area (Å²) in [6, 6.07) is 3.19. The molecule has 9 aliphatic rings. The van der Waals surface area contributed by atoms with Gasteiger partial charge in [-0.3, -0.25) is 43.3 Å². The van der Waals surface area contributed by atoms with Crippen LogP contribution in [0.5, 0.6) is 46.0 Å². The van der Waals surface area contributed by atoms with Gasteiger partial charge in [0.25, 0.3) is 0 Å². The average Bonchev–Trinajstić information content (AvgIpc) is 0.778. The van der Waals surface area contributed by atoms with E-state index in [1.807, 2.05) is 13.8 Å². The van der Waals surface area contributed by atoms with Gasteiger partial charge in [-0.05, 0) is 142 Å². The number of piperazine rings is 1. The number of likely N-dealkylation sites (N-methyl/N-ethyl adjacent to an activating group) is 1. The number of rotatable bonds is 25. The number of fused-ring (bicyclic) bond motifs is 15. The van der Waals surface area contributed by atoms with Crippen LogP contribution in [0.4, 0.5) is 0 Å². The molecule has 1 unspecified atom stereocenters. The number of nitrogens with one attached hydrogen (secondary N) is 7. The maximum absolute atomic E-state index is 16.7. The Morgan fingerprint density at radius 3 is 1.85 bits per heavy atom. The van der Waals surface area contributed by atoms with E-state index in [0.717, 1.165) is 69.0 Å². The molecule has 11 bridgehead atoms. The first-order valence-electron chi connectivity index (χ1n) is 43.0. The van der Waals surface area contributed by atoms with Gasteiger partial charge in [-0.25, -0.2) is 0 Å². The summed E-state index contributed by atoms with van der Waals surface area (Å²) in [6.45, 7) is 12.9. The van der Waals surface area contributed by atoms with Crippen LogP contribution in [0.2, 0.25) is 5.02 Å². The number of unbranched alkanes of at least 4 members (excludes halogenated alkanes) is 8. The smallest absolute Gasteiger partial charge is 0.249 e. The summed E-state index contributed by atoms with van der Waals surface area (Å²) in [5.74, 6) is -13.6. The third kappa shape index (κ3) is 22.2. The zero-order valence-electron chi connectivity index (χ0n) is 71.7. The normalized spacial score (nSPS) is 30.6.